The van der Waals surface area contributed by atoms with E-state index < -0.39 is 11.9 Å². The molecule has 174 valence electrons. The lowest BCUT2D eigenvalue weighted by molar-refractivity contribution is -0.132. The van der Waals surface area contributed by atoms with Gasteiger partial charge in [-0.3, -0.25) is 0 Å². The number of aromatic hydroxyl groups is 1. The minimum atomic E-state index is -0.997. The highest BCUT2D eigenvalue weighted by molar-refractivity contribution is 5.88. The third kappa shape index (κ3) is 10.8. The highest BCUT2D eigenvalue weighted by Crippen LogP contribution is 2.21. The third-order valence-electron chi connectivity index (χ3n) is 5.39. The molecule has 0 saturated heterocycles. The first-order valence-electron chi connectivity index (χ1n) is 11.0. The number of carboxylic acids is 2. The van der Waals surface area contributed by atoms with Crippen LogP contribution in [0.1, 0.15) is 82.1 Å². The van der Waals surface area contributed by atoms with Gasteiger partial charge in [-0.2, -0.15) is 0 Å². The Kier molecular flexibility index (Phi) is 11.9. The molecule has 0 aliphatic heterocycles. The Morgan fingerprint density at radius 2 is 1.28 bits per heavy atom. The van der Waals surface area contributed by atoms with Crippen LogP contribution in [0.25, 0.3) is 0 Å². The summed E-state index contributed by atoms with van der Waals surface area (Å²) >= 11 is 0. The number of aromatic carboxylic acids is 1. The summed E-state index contributed by atoms with van der Waals surface area (Å²) in [6, 6.07) is 4.35. The van der Waals surface area contributed by atoms with Crippen molar-refractivity contribution < 1.29 is 24.9 Å². The summed E-state index contributed by atoms with van der Waals surface area (Å²) in [6.07, 6.45) is 14.3. The lowest BCUT2D eigenvalue weighted by Crippen LogP contribution is -1.97. The van der Waals surface area contributed by atoms with Crippen molar-refractivity contribution in [2.24, 2.45) is 0 Å². The van der Waals surface area contributed by atoms with Crippen molar-refractivity contribution in [3.05, 3.63) is 75.9 Å². The normalized spacial score (nSPS) is 13.4. The molecule has 0 aliphatic carbocycles. The number of carboxylic acid groups (broad SMARTS) is 2. The van der Waals surface area contributed by atoms with Crippen LogP contribution in [0.2, 0.25) is 0 Å². The van der Waals surface area contributed by atoms with Gasteiger partial charge in [0.2, 0.25) is 0 Å². The Bertz CT molecular complexity index is 916. The van der Waals surface area contributed by atoms with Crippen LogP contribution in [0.3, 0.4) is 0 Å². The smallest absolute Gasteiger partial charge is 0.335 e. The molecule has 5 heteroatoms. The van der Waals surface area contributed by atoms with E-state index in [4.69, 9.17) is 10.2 Å². The number of allylic oxidation sites excluding steroid dienone is 7. The SMILES string of the molecule is C/C(=C/CC/C(C)=C/CC/C(C)=C/CC/C(C)=C/Cc1cc(C(=O)O)ccc1O)C(=O)O. The molecule has 0 atom stereocenters. The predicted molar refractivity (Wildman–Crippen MR) is 129 cm³/mol. The van der Waals surface area contributed by atoms with Gasteiger partial charge in [0, 0.05) is 5.57 Å². The van der Waals surface area contributed by atoms with Gasteiger partial charge in [-0.05, 0) is 96.4 Å². The van der Waals surface area contributed by atoms with Crippen LogP contribution in [0, 0.1) is 0 Å². The molecule has 0 bridgehead atoms. The van der Waals surface area contributed by atoms with Crippen molar-refractivity contribution in [3.8, 4) is 5.75 Å². The average molecular weight is 441 g/mol. The van der Waals surface area contributed by atoms with E-state index in [0.717, 1.165) is 38.5 Å². The zero-order chi connectivity index (χ0) is 24.1. The molecule has 0 aromatic heterocycles. The van der Waals surface area contributed by atoms with Gasteiger partial charge in [-0.1, -0.05) is 41.0 Å². The maximum atomic E-state index is 11.1. The fourth-order valence-electron chi connectivity index (χ4n) is 3.17. The van der Waals surface area contributed by atoms with Crippen molar-refractivity contribution in [2.45, 2.75) is 72.6 Å². The number of hydrogen-bond acceptors (Lipinski definition) is 3. The molecule has 0 heterocycles. The molecule has 1 aromatic rings. The van der Waals surface area contributed by atoms with Crippen molar-refractivity contribution >= 4 is 11.9 Å². The number of phenols is 1. The molecule has 0 unspecified atom stereocenters. The van der Waals surface area contributed by atoms with E-state index in [2.05, 4.69) is 26.0 Å². The third-order valence-corrected chi connectivity index (χ3v) is 5.39. The second kappa shape index (κ2) is 14.1. The van der Waals surface area contributed by atoms with Crippen LogP contribution in [0.5, 0.6) is 5.75 Å². The van der Waals surface area contributed by atoms with Crippen molar-refractivity contribution in [2.75, 3.05) is 0 Å². The maximum Gasteiger partial charge on any atom is 0.335 e. The summed E-state index contributed by atoms with van der Waals surface area (Å²) in [5.74, 6) is -1.74. The van der Waals surface area contributed by atoms with Crippen LogP contribution < -0.4 is 0 Å². The molecule has 0 amide bonds. The van der Waals surface area contributed by atoms with Crippen LogP contribution in [-0.2, 0) is 11.2 Å². The Hall–Kier alpha value is -3.08. The van der Waals surface area contributed by atoms with Gasteiger partial charge in [-0.25, -0.2) is 9.59 Å². The Morgan fingerprint density at radius 1 is 0.781 bits per heavy atom. The lowest BCUT2D eigenvalue weighted by Gasteiger charge is -2.05. The van der Waals surface area contributed by atoms with E-state index in [9.17, 15) is 14.7 Å². The van der Waals surface area contributed by atoms with Gasteiger partial charge in [-0.15, -0.1) is 0 Å². The number of phenolic OH excluding ortho intramolecular Hbond substituents is 1. The minimum absolute atomic E-state index is 0.117. The fraction of sp³-hybridized carbons (Fsp3) is 0.407. The van der Waals surface area contributed by atoms with E-state index in [-0.39, 0.29) is 11.3 Å². The van der Waals surface area contributed by atoms with Crippen molar-refractivity contribution in [1.29, 1.82) is 0 Å². The molecular weight excluding hydrogens is 404 g/mol. The van der Waals surface area contributed by atoms with Gasteiger partial charge in [0.15, 0.2) is 0 Å². The van der Waals surface area contributed by atoms with Gasteiger partial charge in [0.05, 0.1) is 5.56 Å². The molecule has 1 rings (SSSR count). The largest absolute Gasteiger partial charge is 0.508 e. The van der Waals surface area contributed by atoms with Gasteiger partial charge >= 0.3 is 11.9 Å². The zero-order valence-electron chi connectivity index (χ0n) is 19.6. The average Bonchev–Trinajstić information content (AvgIpc) is 2.72. The fourth-order valence-corrected chi connectivity index (χ4v) is 3.17. The number of hydrogen-bond donors (Lipinski definition) is 3. The first kappa shape index (κ1) is 27.0. The van der Waals surface area contributed by atoms with E-state index in [1.807, 2.05) is 13.0 Å². The summed E-state index contributed by atoms with van der Waals surface area (Å²) in [5, 5.41) is 27.9. The van der Waals surface area contributed by atoms with Crippen LogP contribution in [-0.4, -0.2) is 27.3 Å². The first-order chi connectivity index (χ1) is 15.1. The predicted octanol–water partition coefficient (Wildman–Crippen LogP) is 6.84. The molecular formula is C27H36O5. The van der Waals surface area contributed by atoms with Crippen LogP contribution in [0.15, 0.2) is 64.8 Å². The Labute approximate surface area is 191 Å². The van der Waals surface area contributed by atoms with Crippen LogP contribution >= 0.6 is 0 Å². The van der Waals surface area contributed by atoms with E-state index in [1.165, 1.54) is 34.9 Å². The van der Waals surface area contributed by atoms with Crippen LogP contribution in [0.4, 0.5) is 0 Å². The summed E-state index contributed by atoms with van der Waals surface area (Å²) in [5.41, 5.74) is 5.02. The second-order valence-electron chi connectivity index (χ2n) is 8.31. The highest BCUT2D eigenvalue weighted by Gasteiger charge is 2.07. The van der Waals surface area contributed by atoms with Gasteiger partial charge in [0.25, 0.3) is 0 Å². The first-order valence-corrected chi connectivity index (χ1v) is 11.0. The number of benzene rings is 1. The number of rotatable bonds is 13. The molecule has 1 aromatic carbocycles. The summed E-state index contributed by atoms with van der Waals surface area (Å²) in [7, 11) is 0. The van der Waals surface area contributed by atoms with E-state index >= 15 is 0 Å². The molecule has 3 N–H and O–H groups in total. The zero-order valence-corrected chi connectivity index (χ0v) is 19.6. The molecule has 0 aliphatic rings. The molecule has 0 radical (unpaired) electrons. The Balaban J connectivity index is 2.42. The highest BCUT2D eigenvalue weighted by atomic mass is 16.4. The molecule has 5 nitrogen and oxygen atoms in total. The van der Waals surface area contributed by atoms with E-state index in [1.54, 1.807) is 13.0 Å². The topological polar surface area (TPSA) is 94.8 Å². The maximum absolute atomic E-state index is 11.1. The minimum Gasteiger partial charge on any atom is -0.508 e. The Morgan fingerprint density at radius 3 is 1.78 bits per heavy atom. The molecule has 0 spiro atoms. The van der Waals surface area contributed by atoms with E-state index in [0.29, 0.717) is 17.6 Å². The van der Waals surface area contributed by atoms with Crippen molar-refractivity contribution in [1.82, 2.24) is 0 Å². The van der Waals surface area contributed by atoms with Crippen molar-refractivity contribution in [3.63, 3.8) is 0 Å². The molecule has 0 saturated carbocycles. The molecule has 0 fully saturated rings. The molecule has 32 heavy (non-hydrogen) atoms. The monoisotopic (exact) mass is 440 g/mol. The summed E-state index contributed by atoms with van der Waals surface area (Å²) < 4.78 is 0. The van der Waals surface area contributed by atoms with Gasteiger partial charge in [0.1, 0.15) is 5.75 Å². The summed E-state index contributed by atoms with van der Waals surface area (Å²) in [6.45, 7) is 7.89. The lowest BCUT2D eigenvalue weighted by atomic mass is 10.0. The standard InChI is InChI=1S/C27H36O5/c1-19(8-5-9-20(2)12-7-13-22(4)26(29)30)10-6-11-21(3)14-15-23-18-24(27(31)32)16-17-25(23)28/h9-10,13-14,16-18,28H,5-8,11-12,15H2,1-4H3,(H,29,30)(H,31,32)/b19-10+,20-9+,21-14+,22-13-. The summed E-state index contributed by atoms with van der Waals surface area (Å²) in [4.78, 5) is 21.9. The number of carbonyl (C=O) groups is 2. The number of aliphatic carboxylic acids is 1. The second-order valence-corrected chi connectivity index (χ2v) is 8.31. The van der Waals surface area contributed by atoms with Gasteiger partial charge < -0.3 is 15.3 Å². The quantitative estimate of drug-likeness (QED) is 0.230.